The fourth-order valence-corrected chi connectivity index (χ4v) is 2.74. The minimum absolute atomic E-state index is 0.0169. The zero-order valence-electron chi connectivity index (χ0n) is 13.7. The van der Waals surface area contributed by atoms with Crippen molar-refractivity contribution in [3.63, 3.8) is 0 Å². The number of halogens is 3. The zero-order valence-corrected chi connectivity index (χ0v) is 14.5. The van der Waals surface area contributed by atoms with Gasteiger partial charge in [-0.1, -0.05) is 12.1 Å². The van der Waals surface area contributed by atoms with Gasteiger partial charge in [-0.3, -0.25) is 4.79 Å². The number of carbonyl (C=O) groups is 1. The second-order valence-electron chi connectivity index (χ2n) is 5.52. The van der Waals surface area contributed by atoms with E-state index >= 15 is 0 Å². The van der Waals surface area contributed by atoms with Gasteiger partial charge in [-0.25, -0.2) is 18.5 Å². The first-order valence-electron chi connectivity index (χ1n) is 7.43. The molecule has 2 aromatic rings. The van der Waals surface area contributed by atoms with Gasteiger partial charge >= 0.3 is 6.18 Å². The first kappa shape index (κ1) is 19.9. The Morgan fingerprint density at radius 3 is 2.27 bits per heavy atom. The molecule has 2 rings (SSSR count). The number of carbonyl (C=O) groups excluding carboxylic acids is 1. The summed E-state index contributed by atoms with van der Waals surface area (Å²) in [5.74, 6) is -0.537. The van der Waals surface area contributed by atoms with E-state index in [1.807, 2.05) is 0 Å². The molecule has 1 amide bonds. The van der Waals surface area contributed by atoms with Crippen molar-refractivity contribution in [2.45, 2.75) is 24.4 Å². The van der Waals surface area contributed by atoms with Crippen molar-refractivity contribution < 1.29 is 26.4 Å². The number of sulfonamides is 1. The number of hydrogen-bond acceptors (Lipinski definition) is 4. The van der Waals surface area contributed by atoms with E-state index in [0.29, 0.717) is 6.42 Å². The number of primary sulfonamides is 1. The smallest absolute Gasteiger partial charge is 0.352 e. The van der Waals surface area contributed by atoms with Crippen LogP contribution < -0.4 is 10.5 Å². The van der Waals surface area contributed by atoms with Crippen LogP contribution in [-0.2, 0) is 22.6 Å². The SMILES string of the molecule is Cc1nc(C(F)(F)F)ccc1C(=O)NCCc1ccc(S(N)(=O)=O)cc1. The standard InChI is InChI=1S/C16H16F3N3O3S/c1-10-13(6-7-14(22-10)16(17,18)19)15(23)21-9-8-11-2-4-12(5-3-11)26(20,24)25/h2-7H,8-9H2,1H3,(H,21,23)(H2,20,24,25). The third-order valence-electron chi connectivity index (χ3n) is 3.57. The second-order valence-corrected chi connectivity index (χ2v) is 7.08. The van der Waals surface area contributed by atoms with Crippen LogP contribution in [0.15, 0.2) is 41.3 Å². The highest BCUT2D eigenvalue weighted by Gasteiger charge is 2.33. The van der Waals surface area contributed by atoms with E-state index in [1.165, 1.54) is 19.1 Å². The van der Waals surface area contributed by atoms with Crippen LogP contribution in [0.2, 0.25) is 0 Å². The lowest BCUT2D eigenvalue weighted by molar-refractivity contribution is -0.141. The number of benzene rings is 1. The highest BCUT2D eigenvalue weighted by molar-refractivity contribution is 7.89. The van der Waals surface area contributed by atoms with Gasteiger partial charge in [0, 0.05) is 6.54 Å². The molecule has 0 unspecified atom stereocenters. The van der Waals surface area contributed by atoms with Gasteiger partial charge in [0.1, 0.15) is 5.69 Å². The molecule has 0 atom stereocenters. The number of nitrogens with zero attached hydrogens (tertiary/aromatic N) is 1. The number of rotatable bonds is 5. The molecule has 3 N–H and O–H groups in total. The molecule has 6 nitrogen and oxygen atoms in total. The third-order valence-corrected chi connectivity index (χ3v) is 4.50. The number of aromatic nitrogens is 1. The van der Waals surface area contributed by atoms with Crippen LogP contribution in [0.4, 0.5) is 13.2 Å². The van der Waals surface area contributed by atoms with Crippen molar-refractivity contribution in [3.8, 4) is 0 Å². The maximum absolute atomic E-state index is 12.6. The summed E-state index contributed by atoms with van der Waals surface area (Å²) >= 11 is 0. The Kier molecular flexibility index (Phi) is 5.67. The molecule has 0 saturated carbocycles. The van der Waals surface area contributed by atoms with Gasteiger partial charge in [-0.2, -0.15) is 13.2 Å². The van der Waals surface area contributed by atoms with E-state index < -0.39 is 27.8 Å². The minimum Gasteiger partial charge on any atom is -0.352 e. The van der Waals surface area contributed by atoms with Crippen LogP contribution in [0, 0.1) is 6.92 Å². The molecule has 140 valence electrons. The molecule has 1 aromatic heterocycles. The lowest BCUT2D eigenvalue weighted by Gasteiger charge is -2.10. The number of nitrogens with one attached hydrogen (secondary N) is 1. The van der Waals surface area contributed by atoms with Gasteiger partial charge < -0.3 is 5.32 Å². The van der Waals surface area contributed by atoms with E-state index in [0.717, 1.165) is 17.7 Å². The summed E-state index contributed by atoms with van der Waals surface area (Å²) < 4.78 is 60.1. The van der Waals surface area contributed by atoms with Gasteiger partial charge in [0.05, 0.1) is 16.2 Å². The summed E-state index contributed by atoms with van der Waals surface area (Å²) in [5.41, 5.74) is -0.251. The van der Waals surface area contributed by atoms with Gasteiger partial charge in [-0.15, -0.1) is 0 Å². The molecule has 0 saturated heterocycles. The van der Waals surface area contributed by atoms with E-state index in [-0.39, 0.29) is 22.7 Å². The van der Waals surface area contributed by atoms with Crippen molar-refractivity contribution in [1.29, 1.82) is 0 Å². The van der Waals surface area contributed by atoms with Crippen LogP contribution in [0.5, 0.6) is 0 Å². The molecule has 1 heterocycles. The maximum atomic E-state index is 12.6. The van der Waals surface area contributed by atoms with Gasteiger partial charge in [0.25, 0.3) is 5.91 Å². The molecular formula is C16H16F3N3O3S. The van der Waals surface area contributed by atoms with E-state index in [2.05, 4.69) is 10.3 Å². The number of nitrogens with two attached hydrogens (primary N) is 1. The average molecular weight is 387 g/mol. The summed E-state index contributed by atoms with van der Waals surface area (Å²) in [6.07, 6.45) is -4.16. The molecule has 0 fully saturated rings. The summed E-state index contributed by atoms with van der Waals surface area (Å²) in [5, 5.41) is 7.59. The van der Waals surface area contributed by atoms with Crippen LogP contribution in [0.1, 0.15) is 27.3 Å². The first-order chi connectivity index (χ1) is 12.0. The molecular weight excluding hydrogens is 371 g/mol. The number of aryl methyl sites for hydroxylation is 1. The Morgan fingerprint density at radius 2 is 1.77 bits per heavy atom. The van der Waals surface area contributed by atoms with E-state index in [1.54, 1.807) is 12.1 Å². The monoisotopic (exact) mass is 387 g/mol. The molecule has 26 heavy (non-hydrogen) atoms. The van der Waals surface area contributed by atoms with Gasteiger partial charge in [-0.05, 0) is 43.2 Å². The van der Waals surface area contributed by atoms with Gasteiger partial charge in [0.2, 0.25) is 10.0 Å². The normalized spacial score (nSPS) is 12.0. The third kappa shape index (κ3) is 5.02. The molecule has 0 aliphatic heterocycles. The summed E-state index contributed by atoms with van der Waals surface area (Å²) in [7, 11) is -3.77. The Morgan fingerprint density at radius 1 is 1.15 bits per heavy atom. The second kappa shape index (κ2) is 7.42. The fraction of sp³-hybridized carbons (Fsp3) is 0.250. The fourth-order valence-electron chi connectivity index (χ4n) is 2.22. The summed E-state index contributed by atoms with van der Waals surface area (Å²) in [6.45, 7) is 1.55. The van der Waals surface area contributed by atoms with Crippen LogP contribution in [0.3, 0.4) is 0 Å². The van der Waals surface area contributed by atoms with Crippen molar-refractivity contribution in [2.24, 2.45) is 5.14 Å². The number of pyridine rings is 1. The van der Waals surface area contributed by atoms with Crippen LogP contribution in [-0.4, -0.2) is 25.9 Å². The average Bonchev–Trinajstić information content (AvgIpc) is 2.53. The topological polar surface area (TPSA) is 102 Å². The van der Waals surface area contributed by atoms with Crippen molar-refractivity contribution in [3.05, 3.63) is 58.9 Å². The predicted molar refractivity (Wildman–Crippen MR) is 87.8 cm³/mol. The largest absolute Gasteiger partial charge is 0.433 e. The molecule has 0 bridgehead atoms. The maximum Gasteiger partial charge on any atom is 0.433 e. The first-order valence-corrected chi connectivity index (χ1v) is 8.98. The molecule has 1 aromatic carbocycles. The predicted octanol–water partition coefficient (Wildman–Crippen LogP) is 2.03. The van der Waals surface area contributed by atoms with Crippen LogP contribution >= 0.6 is 0 Å². The zero-order chi connectivity index (χ0) is 19.5. The van der Waals surface area contributed by atoms with Crippen molar-refractivity contribution in [2.75, 3.05) is 6.54 Å². The Bertz CT molecular complexity index is 911. The van der Waals surface area contributed by atoms with Crippen LogP contribution in [0.25, 0.3) is 0 Å². The highest BCUT2D eigenvalue weighted by Crippen LogP contribution is 2.28. The minimum atomic E-state index is -4.57. The highest BCUT2D eigenvalue weighted by atomic mass is 32.2. The van der Waals surface area contributed by atoms with Gasteiger partial charge in [0.15, 0.2) is 0 Å². The summed E-state index contributed by atoms with van der Waals surface area (Å²) in [4.78, 5) is 15.5. The number of hydrogen-bond donors (Lipinski definition) is 2. The lowest BCUT2D eigenvalue weighted by Crippen LogP contribution is -2.27. The quantitative estimate of drug-likeness (QED) is 0.819. The van der Waals surface area contributed by atoms with E-state index in [9.17, 15) is 26.4 Å². The molecule has 0 aliphatic carbocycles. The number of amides is 1. The van der Waals surface area contributed by atoms with Crippen molar-refractivity contribution in [1.82, 2.24) is 10.3 Å². The molecule has 10 heteroatoms. The van der Waals surface area contributed by atoms with Crippen molar-refractivity contribution >= 4 is 15.9 Å². The number of alkyl halides is 3. The summed E-state index contributed by atoms with van der Waals surface area (Å²) in [6, 6.07) is 7.69. The van der Waals surface area contributed by atoms with E-state index in [4.69, 9.17) is 5.14 Å². The Hall–Kier alpha value is -2.46. The molecule has 0 aliphatic rings. The Labute approximate surface area is 148 Å². The molecule has 0 radical (unpaired) electrons. The molecule has 0 spiro atoms. The Balaban J connectivity index is 1.97. The lowest BCUT2D eigenvalue weighted by atomic mass is 10.1.